The third kappa shape index (κ3) is 3.51. The number of rotatable bonds is 3. The van der Waals surface area contributed by atoms with Crippen molar-refractivity contribution in [1.82, 2.24) is 24.6 Å². The summed E-state index contributed by atoms with van der Waals surface area (Å²) in [6.07, 6.45) is -0.487. The number of nitrogens with one attached hydrogen (secondary N) is 1. The molecule has 0 bridgehead atoms. The Labute approximate surface area is 162 Å². The first kappa shape index (κ1) is 18.5. The summed E-state index contributed by atoms with van der Waals surface area (Å²) < 4.78 is 41.5. The molecule has 1 aromatic carbocycles. The molecule has 146 valence electrons. The van der Waals surface area contributed by atoms with Gasteiger partial charge in [0.1, 0.15) is 12.1 Å². The number of halogens is 3. The van der Waals surface area contributed by atoms with Crippen LogP contribution in [-0.4, -0.2) is 30.5 Å². The van der Waals surface area contributed by atoms with Gasteiger partial charge < -0.3 is 5.32 Å². The van der Waals surface area contributed by atoms with Crippen LogP contribution in [0, 0.1) is 6.92 Å². The molecule has 1 amide bonds. The number of carbonyl (C=O) groups is 1. The summed E-state index contributed by atoms with van der Waals surface area (Å²) in [5.41, 5.74) is 0.198. The number of fused-ring (bicyclic) bond motifs is 1. The standard InChI is InChI=1S/C19H13F3N6O/c1-11-8-14(12-4-2-3-5-13(12)19(20,21)22)27-28-15(9-24-17(11)28)18(29)26-16-6-7-23-10-25-16/h2-10H,1H3,(H,23,25,26,29). The molecule has 0 saturated heterocycles. The van der Waals surface area contributed by atoms with Crippen LogP contribution in [0.3, 0.4) is 0 Å². The number of hydrogen-bond donors (Lipinski definition) is 1. The summed E-state index contributed by atoms with van der Waals surface area (Å²) in [5.74, 6) is -0.278. The number of carbonyl (C=O) groups excluding carboxylic acids is 1. The Balaban J connectivity index is 1.82. The summed E-state index contributed by atoms with van der Waals surface area (Å²) in [5, 5.41) is 6.84. The number of anilines is 1. The first-order valence-electron chi connectivity index (χ1n) is 8.44. The Morgan fingerprint density at radius 2 is 1.93 bits per heavy atom. The molecule has 0 aliphatic heterocycles. The molecule has 4 rings (SSSR count). The number of aromatic nitrogens is 5. The molecule has 1 N–H and O–H groups in total. The van der Waals surface area contributed by atoms with E-state index >= 15 is 0 Å². The van der Waals surface area contributed by atoms with Gasteiger partial charge in [-0.05, 0) is 30.7 Å². The maximum atomic E-state index is 13.4. The van der Waals surface area contributed by atoms with Gasteiger partial charge in [-0.15, -0.1) is 0 Å². The van der Waals surface area contributed by atoms with Gasteiger partial charge >= 0.3 is 6.18 Å². The molecule has 0 spiro atoms. The van der Waals surface area contributed by atoms with Gasteiger partial charge in [-0.3, -0.25) is 4.79 Å². The van der Waals surface area contributed by atoms with Crippen molar-refractivity contribution in [1.29, 1.82) is 0 Å². The summed E-state index contributed by atoms with van der Waals surface area (Å²) in [6, 6.07) is 8.17. The van der Waals surface area contributed by atoms with E-state index in [0.717, 1.165) is 6.07 Å². The minimum absolute atomic E-state index is 0.0630. The van der Waals surface area contributed by atoms with Crippen molar-refractivity contribution in [2.75, 3.05) is 5.32 Å². The lowest BCUT2D eigenvalue weighted by Gasteiger charge is -2.13. The van der Waals surface area contributed by atoms with Crippen LogP contribution in [0.15, 0.2) is 55.1 Å². The average Bonchev–Trinajstić information content (AvgIpc) is 3.13. The first-order chi connectivity index (χ1) is 13.8. The van der Waals surface area contributed by atoms with Crippen molar-refractivity contribution in [3.8, 4) is 11.3 Å². The number of hydrogen-bond acceptors (Lipinski definition) is 5. The molecule has 0 saturated carbocycles. The van der Waals surface area contributed by atoms with Crippen LogP contribution in [0.1, 0.15) is 21.6 Å². The van der Waals surface area contributed by atoms with Crippen LogP contribution in [0.2, 0.25) is 0 Å². The minimum atomic E-state index is -4.54. The number of amides is 1. The average molecular weight is 398 g/mol. The van der Waals surface area contributed by atoms with E-state index in [0.29, 0.717) is 11.2 Å². The van der Waals surface area contributed by atoms with Crippen molar-refractivity contribution < 1.29 is 18.0 Å². The Kier molecular flexibility index (Phi) is 4.45. The third-order valence-electron chi connectivity index (χ3n) is 4.22. The van der Waals surface area contributed by atoms with E-state index in [1.807, 2.05) is 0 Å². The van der Waals surface area contributed by atoms with Gasteiger partial charge in [-0.2, -0.15) is 18.3 Å². The Bertz CT molecular complexity index is 1200. The molecular formula is C19H13F3N6O. The zero-order valence-electron chi connectivity index (χ0n) is 15.0. The largest absolute Gasteiger partial charge is 0.417 e. The number of imidazole rings is 1. The molecule has 10 heteroatoms. The van der Waals surface area contributed by atoms with Gasteiger partial charge in [0.2, 0.25) is 0 Å². The molecule has 4 aromatic rings. The number of alkyl halides is 3. The van der Waals surface area contributed by atoms with Gasteiger partial charge in [0.05, 0.1) is 17.5 Å². The smallest absolute Gasteiger partial charge is 0.305 e. The monoisotopic (exact) mass is 398 g/mol. The SMILES string of the molecule is Cc1cc(-c2ccccc2C(F)(F)F)nn2c(C(=O)Nc3ccncn3)cnc12. The molecule has 0 aliphatic carbocycles. The normalized spacial score (nSPS) is 11.6. The van der Waals surface area contributed by atoms with Crippen LogP contribution < -0.4 is 5.32 Å². The van der Waals surface area contributed by atoms with E-state index in [9.17, 15) is 18.0 Å². The molecular weight excluding hydrogens is 385 g/mol. The summed E-state index contributed by atoms with van der Waals surface area (Å²) in [6.45, 7) is 1.69. The van der Waals surface area contributed by atoms with E-state index in [2.05, 4.69) is 25.4 Å². The highest BCUT2D eigenvalue weighted by Gasteiger charge is 2.34. The Morgan fingerprint density at radius 3 is 2.66 bits per heavy atom. The lowest BCUT2D eigenvalue weighted by atomic mass is 10.0. The molecule has 0 unspecified atom stereocenters. The van der Waals surface area contributed by atoms with E-state index in [-0.39, 0.29) is 22.8 Å². The fourth-order valence-electron chi connectivity index (χ4n) is 2.91. The maximum absolute atomic E-state index is 13.4. The van der Waals surface area contributed by atoms with E-state index in [1.54, 1.807) is 6.92 Å². The second kappa shape index (κ2) is 6.97. The van der Waals surface area contributed by atoms with E-state index in [1.165, 1.54) is 53.6 Å². The molecule has 0 radical (unpaired) electrons. The highest BCUT2D eigenvalue weighted by atomic mass is 19.4. The van der Waals surface area contributed by atoms with E-state index in [4.69, 9.17) is 0 Å². The zero-order valence-corrected chi connectivity index (χ0v) is 15.0. The van der Waals surface area contributed by atoms with Gasteiger partial charge in [0.25, 0.3) is 5.91 Å². The van der Waals surface area contributed by atoms with Gasteiger partial charge in [-0.1, -0.05) is 18.2 Å². The fraction of sp³-hybridized carbons (Fsp3) is 0.105. The van der Waals surface area contributed by atoms with Crippen LogP contribution >= 0.6 is 0 Å². The third-order valence-corrected chi connectivity index (χ3v) is 4.22. The molecule has 0 aliphatic rings. The number of aryl methyl sites for hydroxylation is 1. The van der Waals surface area contributed by atoms with Gasteiger partial charge in [0.15, 0.2) is 11.3 Å². The van der Waals surface area contributed by atoms with Crippen molar-refractivity contribution >= 4 is 17.4 Å². The van der Waals surface area contributed by atoms with Crippen molar-refractivity contribution in [3.05, 3.63) is 71.9 Å². The molecule has 29 heavy (non-hydrogen) atoms. The Hall–Kier alpha value is -3.82. The summed E-state index contributed by atoms with van der Waals surface area (Å²) in [7, 11) is 0. The van der Waals surface area contributed by atoms with Crippen LogP contribution in [-0.2, 0) is 6.18 Å². The van der Waals surface area contributed by atoms with Crippen LogP contribution in [0.25, 0.3) is 16.9 Å². The first-order valence-corrected chi connectivity index (χ1v) is 8.44. The highest BCUT2D eigenvalue weighted by molar-refractivity contribution is 6.02. The lowest BCUT2D eigenvalue weighted by molar-refractivity contribution is -0.137. The number of benzene rings is 1. The predicted molar refractivity (Wildman–Crippen MR) is 98.1 cm³/mol. The second-order valence-electron chi connectivity index (χ2n) is 6.18. The second-order valence-corrected chi connectivity index (χ2v) is 6.18. The fourth-order valence-corrected chi connectivity index (χ4v) is 2.91. The van der Waals surface area contributed by atoms with Crippen molar-refractivity contribution in [3.63, 3.8) is 0 Å². The summed E-state index contributed by atoms with van der Waals surface area (Å²) in [4.78, 5) is 24.5. The Morgan fingerprint density at radius 1 is 1.14 bits per heavy atom. The highest BCUT2D eigenvalue weighted by Crippen LogP contribution is 2.36. The molecule has 0 fully saturated rings. The zero-order chi connectivity index (χ0) is 20.6. The minimum Gasteiger partial charge on any atom is -0.305 e. The predicted octanol–water partition coefficient (Wildman–Crippen LogP) is 3.77. The van der Waals surface area contributed by atoms with Crippen molar-refractivity contribution in [2.24, 2.45) is 0 Å². The molecule has 0 atom stereocenters. The van der Waals surface area contributed by atoms with Crippen LogP contribution in [0.5, 0.6) is 0 Å². The van der Waals surface area contributed by atoms with Gasteiger partial charge in [-0.25, -0.2) is 19.5 Å². The van der Waals surface area contributed by atoms with Crippen LogP contribution in [0.4, 0.5) is 19.0 Å². The molecule has 3 heterocycles. The number of nitrogens with zero attached hydrogens (tertiary/aromatic N) is 5. The van der Waals surface area contributed by atoms with Crippen molar-refractivity contribution in [2.45, 2.75) is 13.1 Å². The molecule has 3 aromatic heterocycles. The van der Waals surface area contributed by atoms with E-state index < -0.39 is 17.6 Å². The maximum Gasteiger partial charge on any atom is 0.417 e. The quantitative estimate of drug-likeness (QED) is 0.568. The van der Waals surface area contributed by atoms with Gasteiger partial charge in [0, 0.05) is 11.8 Å². The topological polar surface area (TPSA) is 85.1 Å². The molecule has 7 nitrogen and oxygen atoms in total. The lowest BCUT2D eigenvalue weighted by Crippen LogP contribution is -2.16. The summed E-state index contributed by atoms with van der Waals surface area (Å²) >= 11 is 0.